The second kappa shape index (κ2) is 5.40. The molecule has 2 N–H and O–H groups in total. The highest BCUT2D eigenvalue weighted by atomic mass is 16.4. The van der Waals surface area contributed by atoms with Gasteiger partial charge in [-0.2, -0.15) is 0 Å². The Morgan fingerprint density at radius 3 is 2.18 bits per heavy atom. The molecule has 0 aromatic heterocycles. The minimum atomic E-state index is -0.913. The lowest BCUT2D eigenvalue weighted by Crippen LogP contribution is -2.36. The largest absolute Gasteiger partial charge is 0.481 e. The molecule has 1 saturated carbocycles. The van der Waals surface area contributed by atoms with Gasteiger partial charge in [0, 0.05) is 11.3 Å². The number of benzene rings is 1. The number of hydrogen-bond donors (Lipinski definition) is 2. The van der Waals surface area contributed by atoms with Crippen LogP contribution in [0.4, 0.5) is 5.69 Å². The van der Waals surface area contributed by atoms with Crippen LogP contribution in [0.25, 0.3) is 0 Å². The number of carboxylic acids is 1. The SMILES string of the molecule is CC(=O)c1ccc(NC(=O)C2C3C=CC(C3)C2C(=O)O)cc1. The molecule has 4 atom stereocenters. The smallest absolute Gasteiger partial charge is 0.307 e. The van der Waals surface area contributed by atoms with Crippen molar-refractivity contribution in [2.45, 2.75) is 13.3 Å². The van der Waals surface area contributed by atoms with E-state index >= 15 is 0 Å². The van der Waals surface area contributed by atoms with E-state index in [9.17, 15) is 19.5 Å². The zero-order valence-corrected chi connectivity index (χ0v) is 12.2. The molecule has 0 aliphatic heterocycles. The number of rotatable bonds is 4. The zero-order chi connectivity index (χ0) is 15.9. The van der Waals surface area contributed by atoms with Crippen LogP contribution in [0.3, 0.4) is 0 Å². The summed E-state index contributed by atoms with van der Waals surface area (Å²) in [6.07, 6.45) is 4.60. The summed E-state index contributed by atoms with van der Waals surface area (Å²) in [7, 11) is 0. The van der Waals surface area contributed by atoms with Crippen LogP contribution < -0.4 is 5.32 Å². The number of ketones is 1. The number of allylic oxidation sites excluding steroid dienone is 2. The van der Waals surface area contributed by atoms with E-state index < -0.39 is 17.8 Å². The Balaban J connectivity index is 1.75. The average Bonchev–Trinajstić information content (AvgIpc) is 3.08. The van der Waals surface area contributed by atoms with Gasteiger partial charge in [0.1, 0.15) is 0 Å². The summed E-state index contributed by atoms with van der Waals surface area (Å²) >= 11 is 0. The second-order valence-electron chi connectivity index (χ2n) is 5.96. The van der Waals surface area contributed by atoms with E-state index in [1.807, 2.05) is 12.2 Å². The van der Waals surface area contributed by atoms with Crippen molar-refractivity contribution < 1.29 is 19.5 Å². The van der Waals surface area contributed by atoms with E-state index in [1.54, 1.807) is 24.3 Å². The minimum absolute atomic E-state index is 0.00240. The van der Waals surface area contributed by atoms with Crippen molar-refractivity contribution in [1.82, 2.24) is 0 Å². The Morgan fingerprint density at radius 2 is 1.64 bits per heavy atom. The van der Waals surface area contributed by atoms with Crippen LogP contribution >= 0.6 is 0 Å². The van der Waals surface area contributed by atoms with Gasteiger partial charge in [0.15, 0.2) is 5.78 Å². The first-order chi connectivity index (χ1) is 10.5. The van der Waals surface area contributed by atoms with Crippen molar-refractivity contribution in [3.8, 4) is 0 Å². The van der Waals surface area contributed by atoms with Gasteiger partial charge in [0.2, 0.25) is 5.91 Å². The molecule has 3 rings (SSSR count). The standard InChI is InChI=1S/C17H17NO4/c1-9(19)10-4-6-13(7-5-10)18-16(20)14-11-2-3-12(8-11)15(14)17(21)22/h2-7,11-12,14-15H,8H2,1H3,(H,18,20)(H,21,22). The van der Waals surface area contributed by atoms with Crippen molar-refractivity contribution in [3.63, 3.8) is 0 Å². The normalized spacial score (nSPS) is 28.6. The summed E-state index contributed by atoms with van der Waals surface area (Å²) in [6.45, 7) is 1.48. The number of fused-ring (bicyclic) bond motifs is 2. The lowest BCUT2D eigenvalue weighted by atomic mass is 9.82. The van der Waals surface area contributed by atoms with Crippen LogP contribution in [0.5, 0.6) is 0 Å². The Bertz CT molecular complexity index is 662. The van der Waals surface area contributed by atoms with E-state index in [0.717, 1.165) is 6.42 Å². The van der Waals surface area contributed by atoms with Gasteiger partial charge in [-0.3, -0.25) is 14.4 Å². The highest BCUT2D eigenvalue weighted by Crippen LogP contribution is 2.48. The van der Waals surface area contributed by atoms with Crippen LogP contribution in [0.1, 0.15) is 23.7 Å². The molecule has 1 aromatic carbocycles. The predicted octanol–water partition coefficient (Wildman–Crippen LogP) is 2.35. The molecule has 2 aliphatic rings. The first-order valence-corrected chi connectivity index (χ1v) is 7.30. The van der Waals surface area contributed by atoms with Crippen LogP contribution in [0, 0.1) is 23.7 Å². The summed E-state index contributed by atoms with van der Waals surface area (Å²) in [5, 5.41) is 12.1. The van der Waals surface area contributed by atoms with E-state index in [-0.39, 0.29) is 23.5 Å². The molecule has 22 heavy (non-hydrogen) atoms. The van der Waals surface area contributed by atoms with Gasteiger partial charge in [-0.1, -0.05) is 12.2 Å². The van der Waals surface area contributed by atoms with Crippen LogP contribution in [-0.2, 0) is 9.59 Å². The summed E-state index contributed by atoms with van der Waals surface area (Å²) in [4.78, 5) is 35.1. The third-order valence-corrected chi connectivity index (χ3v) is 4.61. The van der Waals surface area contributed by atoms with Crippen LogP contribution in [-0.4, -0.2) is 22.8 Å². The molecule has 0 spiro atoms. The highest BCUT2D eigenvalue weighted by Gasteiger charge is 2.51. The summed E-state index contributed by atoms with van der Waals surface area (Å²) in [5.74, 6) is -2.43. The van der Waals surface area contributed by atoms with Crippen molar-refractivity contribution in [3.05, 3.63) is 42.0 Å². The Morgan fingerprint density at radius 1 is 1.05 bits per heavy atom. The lowest BCUT2D eigenvalue weighted by Gasteiger charge is -2.23. The van der Waals surface area contributed by atoms with Gasteiger partial charge in [0.25, 0.3) is 0 Å². The number of carboxylic acid groups (broad SMARTS) is 1. The van der Waals surface area contributed by atoms with E-state index in [0.29, 0.717) is 11.3 Å². The van der Waals surface area contributed by atoms with Crippen molar-refractivity contribution >= 4 is 23.3 Å². The van der Waals surface area contributed by atoms with Gasteiger partial charge < -0.3 is 10.4 Å². The van der Waals surface area contributed by atoms with E-state index in [2.05, 4.69) is 5.32 Å². The van der Waals surface area contributed by atoms with Gasteiger partial charge in [-0.25, -0.2) is 0 Å². The van der Waals surface area contributed by atoms with Gasteiger partial charge >= 0.3 is 5.97 Å². The molecule has 0 heterocycles. The fourth-order valence-corrected chi connectivity index (χ4v) is 3.53. The predicted molar refractivity (Wildman–Crippen MR) is 80.4 cm³/mol. The quantitative estimate of drug-likeness (QED) is 0.660. The first-order valence-electron chi connectivity index (χ1n) is 7.30. The topological polar surface area (TPSA) is 83.5 Å². The Labute approximate surface area is 128 Å². The molecule has 1 amide bonds. The number of anilines is 1. The Hall–Kier alpha value is -2.43. The molecule has 2 bridgehead atoms. The maximum Gasteiger partial charge on any atom is 0.307 e. The van der Waals surface area contributed by atoms with Gasteiger partial charge in [-0.15, -0.1) is 0 Å². The van der Waals surface area contributed by atoms with Crippen molar-refractivity contribution in [2.24, 2.45) is 23.7 Å². The van der Waals surface area contributed by atoms with Gasteiger partial charge in [-0.05, 0) is 49.4 Å². The third-order valence-electron chi connectivity index (χ3n) is 4.61. The van der Waals surface area contributed by atoms with Crippen molar-refractivity contribution in [2.75, 3.05) is 5.32 Å². The molecule has 1 aromatic rings. The molecule has 2 aliphatic carbocycles. The van der Waals surface area contributed by atoms with Gasteiger partial charge in [0.05, 0.1) is 11.8 Å². The summed E-state index contributed by atoms with van der Waals surface area (Å²) in [6, 6.07) is 6.61. The maximum absolute atomic E-state index is 12.5. The molecular formula is C17H17NO4. The van der Waals surface area contributed by atoms with Crippen molar-refractivity contribution in [1.29, 1.82) is 0 Å². The number of carbonyl (C=O) groups is 3. The van der Waals surface area contributed by atoms with Crippen LogP contribution in [0.2, 0.25) is 0 Å². The molecule has 114 valence electrons. The fraction of sp³-hybridized carbons (Fsp3) is 0.353. The highest BCUT2D eigenvalue weighted by molar-refractivity contribution is 5.98. The fourth-order valence-electron chi connectivity index (χ4n) is 3.53. The van der Waals surface area contributed by atoms with E-state index in [1.165, 1.54) is 6.92 Å². The molecule has 0 saturated heterocycles. The first kappa shape index (κ1) is 14.5. The number of hydrogen-bond acceptors (Lipinski definition) is 3. The third kappa shape index (κ3) is 2.43. The molecule has 5 nitrogen and oxygen atoms in total. The Kier molecular flexibility index (Phi) is 3.56. The maximum atomic E-state index is 12.5. The number of nitrogens with one attached hydrogen (secondary N) is 1. The number of aliphatic carboxylic acids is 1. The zero-order valence-electron chi connectivity index (χ0n) is 12.2. The van der Waals surface area contributed by atoms with E-state index in [4.69, 9.17) is 0 Å². The summed E-state index contributed by atoms with van der Waals surface area (Å²) in [5.41, 5.74) is 1.15. The molecular weight excluding hydrogens is 282 g/mol. The molecule has 0 radical (unpaired) electrons. The lowest BCUT2D eigenvalue weighted by molar-refractivity contribution is -0.146. The number of carbonyl (C=O) groups excluding carboxylic acids is 2. The molecule has 1 fully saturated rings. The van der Waals surface area contributed by atoms with Crippen LogP contribution in [0.15, 0.2) is 36.4 Å². The molecule has 4 unspecified atom stereocenters. The number of Topliss-reactive ketones (excluding diaryl/α,β-unsaturated/α-hetero) is 1. The molecule has 5 heteroatoms. The number of amides is 1. The monoisotopic (exact) mass is 299 g/mol. The second-order valence-corrected chi connectivity index (χ2v) is 5.96. The average molecular weight is 299 g/mol. The minimum Gasteiger partial charge on any atom is -0.481 e. The summed E-state index contributed by atoms with van der Waals surface area (Å²) < 4.78 is 0.